The Balaban J connectivity index is 3.51. The molecule has 1 heterocycles. The van der Waals surface area contributed by atoms with E-state index in [0.717, 1.165) is 12.5 Å². The fourth-order valence-electron chi connectivity index (χ4n) is 2.74. The van der Waals surface area contributed by atoms with Crippen molar-refractivity contribution in [3.63, 3.8) is 0 Å². The van der Waals surface area contributed by atoms with Gasteiger partial charge in [0, 0.05) is 6.42 Å². The lowest BCUT2D eigenvalue weighted by molar-refractivity contribution is -0.696. The molecule has 30 heavy (non-hydrogen) atoms. The van der Waals surface area contributed by atoms with Gasteiger partial charge < -0.3 is 0 Å². The van der Waals surface area contributed by atoms with E-state index in [0.29, 0.717) is 17.4 Å². The lowest BCUT2D eigenvalue weighted by atomic mass is 9.73. The molecule has 0 amide bonds. The van der Waals surface area contributed by atoms with Crippen LogP contribution in [-0.2, 0) is 13.1 Å². The molecule has 0 radical (unpaired) electrons. The van der Waals surface area contributed by atoms with Crippen molar-refractivity contribution in [3.8, 4) is 0 Å². The van der Waals surface area contributed by atoms with Crippen LogP contribution in [0.1, 0.15) is 26.2 Å². The maximum absolute atomic E-state index is 14.0. The maximum Gasteiger partial charge on any atom is 0.459 e. The van der Waals surface area contributed by atoms with Crippen LogP contribution >= 0.6 is 0 Å². The van der Waals surface area contributed by atoms with Crippen LogP contribution in [0.25, 0.3) is 0 Å². The van der Waals surface area contributed by atoms with Crippen LogP contribution in [0, 0.1) is 5.41 Å². The first-order chi connectivity index (χ1) is 13.3. The monoisotopic (exact) mass is 471 g/mol. The number of hydrogen-bond donors (Lipinski definition) is 0. The van der Waals surface area contributed by atoms with E-state index in [1.165, 1.54) is 10.8 Å². The lowest BCUT2D eigenvalue weighted by Crippen LogP contribution is -2.70. The minimum atomic E-state index is -7.61. The van der Waals surface area contributed by atoms with Crippen molar-refractivity contribution in [2.45, 2.75) is 69.6 Å². The van der Waals surface area contributed by atoms with Gasteiger partial charge in [0.2, 0.25) is 11.7 Å². The molecular formula is C15H16F13N2+. The molecule has 0 aliphatic carbocycles. The van der Waals surface area contributed by atoms with Crippen LogP contribution < -0.4 is 4.57 Å². The number of aromatic nitrogens is 2. The van der Waals surface area contributed by atoms with E-state index in [1.54, 1.807) is 6.92 Å². The number of halogens is 13. The van der Waals surface area contributed by atoms with Crippen molar-refractivity contribution in [2.75, 3.05) is 0 Å². The molecule has 2 nitrogen and oxygen atoms in total. The third-order valence-electron chi connectivity index (χ3n) is 4.52. The summed E-state index contributed by atoms with van der Waals surface area (Å²) in [5, 5.41) is 0. The highest BCUT2D eigenvalue weighted by Crippen LogP contribution is 2.66. The second kappa shape index (κ2) is 8.09. The predicted octanol–water partition coefficient (Wildman–Crippen LogP) is 5.91. The van der Waals surface area contributed by atoms with Gasteiger partial charge in [0.15, 0.2) is 0 Å². The third kappa shape index (κ3) is 4.34. The molecule has 176 valence electrons. The number of imidazole rings is 1. The number of hydrogen-bond acceptors (Lipinski definition) is 0. The highest BCUT2D eigenvalue weighted by Gasteiger charge is 2.91. The zero-order valence-electron chi connectivity index (χ0n) is 15.1. The summed E-state index contributed by atoms with van der Waals surface area (Å²) in [6, 6.07) is 0. The van der Waals surface area contributed by atoms with Crippen molar-refractivity contribution < 1.29 is 61.6 Å². The standard InChI is InChI=1S/C15H16F13N2/c1-2-3-5-29-7-8-30(9-29)6-4-10(13(20,21)22,14(23,24)25)11(16,17)12(18,19)15(26,27)28/h7-9H,2-6H2,1H3/q+1. The van der Waals surface area contributed by atoms with Crippen LogP contribution in [0.4, 0.5) is 57.1 Å². The van der Waals surface area contributed by atoms with Gasteiger partial charge in [0.1, 0.15) is 12.4 Å². The largest absolute Gasteiger partial charge is 0.459 e. The first-order valence-corrected chi connectivity index (χ1v) is 8.27. The van der Waals surface area contributed by atoms with Gasteiger partial charge in [0.05, 0.1) is 13.1 Å². The zero-order chi connectivity index (χ0) is 23.8. The number of alkyl halides is 13. The fourth-order valence-corrected chi connectivity index (χ4v) is 2.74. The summed E-state index contributed by atoms with van der Waals surface area (Å²) in [5.74, 6) is -15.2. The Morgan fingerprint density at radius 1 is 0.733 bits per heavy atom. The van der Waals surface area contributed by atoms with E-state index in [4.69, 9.17) is 0 Å². The molecule has 0 spiro atoms. The summed E-state index contributed by atoms with van der Waals surface area (Å²) in [6.45, 7) is 0.471. The van der Waals surface area contributed by atoms with Crippen LogP contribution in [0.3, 0.4) is 0 Å². The lowest BCUT2D eigenvalue weighted by Gasteiger charge is -2.45. The molecule has 0 saturated carbocycles. The Hall–Kier alpha value is -1.70. The minimum Gasteiger partial charge on any atom is -0.237 e. The molecule has 0 aliphatic rings. The highest BCUT2D eigenvalue weighted by atomic mass is 19.4. The smallest absolute Gasteiger partial charge is 0.237 e. The Kier molecular flexibility index (Phi) is 7.11. The van der Waals surface area contributed by atoms with Crippen molar-refractivity contribution in [2.24, 2.45) is 5.41 Å². The van der Waals surface area contributed by atoms with E-state index in [9.17, 15) is 57.1 Å². The summed E-state index contributed by atoms with van der Waals surface area (Å²) < 4.78 is 173. The average Bonchev–Trinajstić information content (AvgIpc) is 2.97. The van der Waals surface area contributed by atoms with E-state index < -0.39 is 48.8 Å². The molecule has 0 N–H and O–H groups in total. The molecule has 1 aromatic rings. The number of rotatable bonds is 8. The zero-order valence-corrected chi connectivity index (χ0v) is 15.1. The van der Waals surface area contributed by atoms with Crippen molar-refractivity contribution in [1.82, 2.24) is 4.57 Å². The van der Waals surface area contributed by atoms with Crippen LogP contribution in [0.5, 0.6) is 0 Å². The molecule has 0 aromatic carbocycles. The van der Waals surface area contributed by atoms with Gasteiger partial charge >= 0.3 is 30.4 Å². The molecule has 0 unspecified atom stereocenters. The Bertz CT molecular complexity index is 683. The van der Waals surface area contributed by atoms with E-state index in [2.05, 4.69) is 0 Å². The van der Waals surface area contributed by atoms with Crippen LogP contribution in [0.2, 0.25) is 0 Å². The van der Waals surface area contributed by atoms with Crippen LogP contribution in [0.15, 0.2) is 18.7 Å². The molecule has 0 aliphatic heterocycles. The van der Waals surface area contributed by atoms with Gasteiger partial charge in [-0.15, -0.1) is 0 Å². The summed E-state index contributed by atoms with van der Waals surface area (Å²) in [4.78, 5) is 0. The number of unbranched alkanes of at least 4 members (excludes halogenated alkanes) is 1. The summed E-state index contributed by atoms with van der Waals surface area (Å²) >= 11 is 0. The Morgan fingerprint density at radius 3 is 1.63 bits per heavy atom. The average molecular weight is 471 g/mol. The minimum absolute atomic E-state index is 0.259. The van der Waals surface area contributed by atoms with E-state index >= 15 is 0 Å². The van der Waals surface area contributed by atoms with Crippen molar-refractivity contribution in [3.05, 3.63) is 18.7 Å². The second-order valence-corrected chi connectivity index (χ2v) is 6.54. The van der Waals surface area contributed by atoms with E-state index in [-0.39, 0.29) is 6.54 Å². The molecule has 0 atom stereocenters. The maximum atomic E-state index is 14.0. The van der Waals surface area contributed by atoms with Gasteiger partial charge in [-0.1, -0.05) is 13.3 Å². The topological polar surface area (TPSA) is 8.81 Å². The van der Waals surface area contributed by atoms with Gasteiger partial charge in [-0.3, -0.25) is 0 Å². The van der Waals surface area contributed by atoms with Crippen molar-refractivity contribution in [1.29, 1.82) is 0 Å². The van der Waals surface area contributed by atoms with Gasteiger partial charge in [0.25, 0.3) is 0 Å². The summed E-state index contributed by atoms with van der Waals surface area (Å²) in [7, 11) is 0. The first-order valence-electron chi connectivity index (χ1n) is 8.27. The molecule has 0 fully saturated rings. The molecule has 0 bridgehead atoms. The van der Waals surface area contributed by atoms with Gasteiger partial charge in [-0.25, -0.2) is 9.13 Å². The second-order valence-electron chi connectivity index (χ2n) is 6.54. The molecule has 0 saturated heterocycles. The molecule has 1 rings (SSSR count). The molecule has 15 heteroatoms. The highest BCUT2D eigenvalue weighted by molar-refractivity contribution is 5.11. The SMILES string of the molecule is CCCC[n+]1ccn(CCC(C(F)(F)F)(C(F)(F)F)C(F)(F)C(F)(F)C(F)(F)F)c1. The van der Waals surface area contributed by atoms with E-state index in [1.807, 2.05) is 0 Å². The van der Waals surface area contributed by atoms with Crippen molar-refractivity contribution >= 4 is 0 Å². The normalized spacial score (nSPS) is 15.0. The number of aryl methyl sites for hydroxylation is 2. The number of nitrogens with zero attached hydrogens (tertiary/aromatic N) is 2. The summed E-state index contributed by atoms with van der Waals surface area (Å²) in [6.07, 6.45) is -20.4. The van der Waals surface area contributed by atoms with Gasteiger partial charge in [-0.2, -0.15) is 57.1 Å². The predicted molar refractivity (Wildman–Crippen MR) is 74.6 cm³/mol. The van der Waals surface area contributed by atoms with Gasteiger partial charge in [-0.05, 0) is 6.42 Å². The fraction of sp³-hybridized carbons (Fsp3) is 0.800. The Morgan fingerprint density at radius 2 is 1.23 bits per heavy atom. The molecular weight excluding hydrogens is 455 g/mol. The Labute approximate surface area is 161 Å². The summed E-state index contributed by atoms with van der Waals surface area (Å²) in [5.41, 5.74) is -6.66. The quantitative estimate of drug-likeness (QED) is 0.329. The molecule has 1 aromatic heterocycles. The third-order valence-corrected chi connectivity index (χ3v) is 4.52. The first kappa shape index (κ1) is 26.3. The van der Waals surface area contributed by atoms with Crippen LogP contribution in [-0.4, -0.2) is 34.9 Å².